The van der Waals surface area contributed by atoms with Crippen LogP contribution in [0, 0.1) is 10.1 Å². The number of ether oxygens (including phenoxy) is 1. The third-order valence-corrected chi connectivity index (χ3v) is 4.00. The highest BCUT2D eigenvalue weighted by Crippen LogP contribution is 2.29. The SMILES string of the molecule is COc1ccc(CN2CCCC(C)(O)CC2)cc1[N+](=O)[O-]. The molecule has 1 aliphatic heterocycles. The average Bonchev–Trinajstić information content (AvgIpc) is 2.60. The minimum Gasteiger partial charge on any atom is -0.490 e. The molecule has 1 aromatic rings. The molecule has 1 atom stereocenters. The van der Waals surface area contributed by atoms with Crippen LogP contribution in [0.1, 0.15) is 31.7 Å². The average molecular weight is 294 g/mol. The molecule has 0 radical (unpaired) electrons. The fourth-order valence-corrected chi connectivity index (χ4v) is 2.71. The molecule has 1 N–H and O–H groups in total. The summed E-state index contributed by atoms with van der Waals surface area (Å²) in [5.41, 5.74) is 0.293. The van der Waals surface area contributed by atoms with E-state index in [0.717, 1.165) is 37.9 Å². The maximum Gasteiger partial charge on any atom is 0.311 e. The summed E-state index contributed by atoms with van der Waals surface area (Å²) in [5.74, 6) is 0.280. The van der Waals surface area contributed by atoms with E-state index < -0.39 is 10.5 Å². The third kappa shape index (κ3) is 4.15. The summed E-state index contributed by atoms with van der Waals surface area (Å²) < 4.78 is 5.01. The van der Waals surface area contributed by atoms with Gasteiger partial charge in [-0.3, -0.25) is 15.0 Å². The minimum atomic E-state index is -0.597. The monoisotopic (exact) mass is 294 g/mol. The molecule has 1 saturated heterocycles. The van der Waals surface area contributed by atoms with Crippen molar-refractivity contribution in [3.63, 3.8) is 0 Å². The molecule has 0 saturated carbocycles. The maximum absolute atomic E-state index is 11.0. The Bertz CT molecular complexity index is 516. The molecular formula is C15H22N2O4. The zero-order valence-electron chi connectivity index (χ0n) is 12.5. The molecular weight excluding hydrogens is 272 g/mol. The third-order valence-electron chi connectivity index (χ3n) is 4.00. The molecule has 6 nitrogen and oxygen atoms in total. The first-order valence-electron chi connectivity index (χ1n) is 7.17. The highest BCUT2D eigenvalue weighted by atomic mass is 16.6. The zero-order chi connectivity index (χ0) is 15.5. The van der Waals surface area contributed by atoms with E-state index in [-0.39, 0.29) is 11.4 Å². The fraction of sp³-hybridized carbons (Fsp3) is 0.600. The molecule has 6 heteroatoms. The van der Waals surface area contributed by atoms with Gasteiger partial charge in [-0.05, 0) is 44.4 Å². The van der Waals surface area contributed by atoms with E-state index in [1.165, 1.54) is 7.11 Å². The van der Waals surface area contributed by atoms with Crippen LogP contribution in [0.4, 0.5) is 5.69 Å². The number of methoxy groups -OCH3 is 1. The quantitative estimate of drug-likeness (QED) is 0.681. The van der Waals surface area contributed by atoms with E-state index in [9.17, 15) is 15.2 Å². The van der Waals surface area contributed by atoms with E-state index >= 15 is 0 Å². The van der Waals surface area contributed by atoms with Gasteiger partial charge in [-0.2, -0.15) is 0 Å². The standard InChI is InChI=1S/C15H22N2O4/c1-15(18)6-3-8-16(9-7-15)11-12-4-5-14(21-2)13(10-12)17(19)20/h4-5,10,18H,3,6-9,11H2,1-2H3. The Morgan fingerprint density at radius 3 is 2.86 bits per heavy atom. The molecule has 1 aromatic carbocycles. The van der Waals surface area contributed by atoms with Crippen molar-refractivity contribution in [3.8, 4) is 5.75 Å². The predicted molar refractivity (Wildman–Crippen MR) is 79.4 cm³/mol. The molecule has 0 aliphatic carbocycles. The summed E-state index contributed by atoms with van der Waals surface area (Å²) in [6.45, 7) is 4.22. The van der Waals surface area contributed by atoms with Crippen LogP contribution in [-0.4, -0.2) is 40.7 Å². The Morgan fingerprint density at radius 1 is 1.43 bits per heavy atom. The van der Waals surface area contributed by atoms with E-state index in [1.54, 1.807) is 12.1 Å². The Kier molecular flexibility index (Phi) is 4.80. The summed E-state index contributed by atoms with van der Waals surface area (Å²) >= 11 is 0. The lowest BCUT2D eigenvalue weighted by Crippen LogP contribution is -2.28. The largest absolute Gasteiger partial charge is 0.490 e. The second kappa shape index (κ2) is 6.41. The molecule has 0 aromatic heterocycles. The van der Waals surface area contributed by atoms with Gasteiger partial charge in [0.1, 0.15) is 0 Å². The van der Waals surface area contributed by atoms with Crippen molar-refractivity contribution in [2.75, 3.05) is 20.2 Å². The van der Waals surface area contributed by atoms with Gasteiger partial charge in [0.15, 0.2) is 5.75 Å². The molecule has 2 rings (SSSR count). The molecule has 0 spiro atoms. The second-order valence-corrected chi connectivity index (χ2v) is 5.89. The molecule has 1 unspecified atom stereocenters. The Balaban J connectivity index is 2.09. The van der Waals surface area contributed by atoms with Crippen LogP contribution in [0.5, 0.6) is 5.75 Å². The fourth-order valence-electron chi connectivity index (χ4n) is 2.71. The lowest BCUT2D eigenvalue weighted by atomic mass is 9.98. The molecule has 0 amide bonds. The number of hydrogen-bond donors (Lipinski definition) is 1. The molecule has 1 fully saturated rings. The van der Waals surface area contributed by atoms with Crippen molar-refractivity contribution in [2.45, 2.75) is 38.3 Å². The van der Waals surface area contributed by atoms with Crippen molar-refractivity contribution < 1.29 is 14.8 Å². The first-order chi connectivity index (χ1) is 9.91. The van der Waals surface area contributed by atoms with Crippen molar-refractivity contribution in [3.05, 3.63) is 33.9 Å². The number of rotatable bonds is 4. The number of nitrogens with zero attached hydrogens (tertiary/aromatic N) is 2. The van der Waals surface area contributed by atoms with Gasteiger partial charge in [-0.15, -0.1) is 0 Å². The lowest BCUT2D eigenvalue weighted by Gasteiger charge is -2.22. The highest BCUT2D eigenvalue weighted by Gasteiger charge is 2.25. The number of nitro benzene ring substituents is 1. The van der Waals surface area contributed by atoms with Crippen molar-refractivity contribution >= 4 is 5.69 Å². The number of benzene rings is 1. The Morgan fingerprint density at radius 2 is 2.19 bits per heavy atom. The summed E-state index contributed by atoms with van der Waals surface area (Å²) in [6, 6.07) is 5.07. The van der Waals surface area contributed by atoms with Crippen LogP contribution in [0.3, 0.4) is 0 Å². The summed E-state index contributed by atoms with van der Waals surface area (Å²) in [4.78, 5) is 12.9. The van der Waals surface area contributed by atoms with E-state index in [4.69, 9.17) is 4.74 Å². The van der Waals surface area contributed by atoms with Gasteiger partial charge in [0.25, 0.3) is 0 Å². The second-order valence-electron chi connectivity index (χ2n) is 5.89. The van der Waals surface area contributed by atoms with E-state index in [2.05, 4.69) is 4.90 Å². The maximum atomic E-state index is 11.0. The topological polar surface area (TPSA) is 75.8 Å². The van der Waals surface area contributed by atoms with E-state index in [0.29, 0.717) is 6.54 Å². The van der Waals surface area contributed by atoms with Gasteiger partial charge in [-0.25, -0.2) is 0 Å². The minimum absolute atomic E-state index is 0.00295. The van der Waals surface area contributed by atoms with Crippen molar-refractivity contribution in [1.29, 1.82) is 0 Å². The van der Waals surface area contributed by atoms with Crippen LogP contribution in [-0.2, 0) is 6.54 Å². The van der Waals surface area contributed by atoms with Crippen LogP contribution in [0.2, 0.25) is 0 Å². The number of aliphatic hydroxyl groups is 1. The highest BCUT2D eigenvalue weighted by molar-refractivity contribution is 5.48. The van der Waals surface area contributed by atoms with Crippen LogP contribution in [0.25, 0.3) is 0 Å². The van der Waals surface area contributed by atoms with Crippen molar-refractivity contribution in [1.82, 2.24) is 4.90 Å². The first-order valence-corrected chi connectivity index (χ1v) is 7.17. The predicted octanol–water partition coefficient (Wildman–Crippen LogP) is 2.34. The Hall–Kier alpha value is -1.66. The summed E-state index contributed by atoms with van der Waals surface area (Å²) in [5, 5.41) is 21.1. The van der Waals surface area contributed by atoms with Gasteiger partial charge >= 0.3 is 5.69 Å². The zero-order valence-corrected chi connectivity index (χ0v) is 12.5. The van der Waals surface area contributed by atoms with Gasteiger partial charge in [0.05, 0.1) is 17.6 Å². The molecule has 0 bridgehead atoms. The first kappa shape index (κ1) is 15.7. The molecule has 21 heavy (non-hydrogen) atoms. The van der Waals surface area contributed by atoms with Gasteiger partial charge in [-0.1, -0.05) is 6.07 Å². The summed E-state index contributed by atoms with van der Waals surface area (Å²) in [7, 11) is 1.43. The normalized spacial score (nSPS) is 23.6. The smallest absolute Gasteiger partial charge is 0.311 e. The van der Waals surface area contributed by atoms with Crippen molar-refractivity contribution in [2.24, 2.45) is 0 Å². The number of nitro groups is 1. The van der Waals surface area contributed by atoms with Crippen LogP contribution >= 0.6 is 0 Å². The molecule has 116 valence electrons. The summed E-state index contributed by atoms with van der Waals surface area (Å²) in [6.07, 6.45) is 2.46. The number of likely N-dealkylation sites (tertiary alicyclic amines) is 1. The van der Waals surface area contributed by atoms with Gasteiger partial charge in [0, 0.05) is 19.2 Å². The lowest BCUT2D eigenvalue weighted by molar-refractivity contribution is -0.385. The molecule has 1 heterocycles. The Labute approximate surface area is 124 Å². The van der Waals surface area contributed by atoms with E-state index in [1.807, 2.05) is 13.0 Å². The van der Waals surface area contributed by atoms with Gasteiger partial charge < -0.3 is 9.84 Å². The van der Waals surface area contributed by atoms with Crippen LogP contribution in [0.15, 0.2) is 18.2 Å². The number of hydrogen-bond acceptors (Lipinski definition) is 5. The van der Waals surface area contributed by atoms with Gasteiger partial charge in [0.2, 0.25) is 0 Å². The molecule has 1 aliphatic rings. The van der Waals surface area contributed by atoms with Crippen LogP contribution < -0.4 is 4.74 Å².